The second kappa shape index (κ2) is 4.69. The standard InChI is InChI=1S/C14H16FNO2/c15-13-3-1-2-10(4-13)5-14(17)16-6-11-8-18-9-12(11)7-16/h1-4,11-12H,5-9H2. The monoisotopic (exact) mass is 249 g/mol. The van der Waals surface area contributed by atoms with Crippen molar-refractivity contribution in [2.24, 2.45) is 11.8 Å². The van der Waals surface area contributed by atoms with Crippen LogP contribution in [0.3, 0.4) is 0 Å². The van der Waals surface area contributed by atoms with Gasteiger partial charge >= 0.3 is 0 Å². The van der Waals surface area contributed by atoms with Gasteiger partial charge in [-0.15, -0.1) is 0 Å². The molecule has 1 aromatic rings. The van der Waals surface area contributed by atoms with Crippen LogP contribution in [0.2, 0.25) is 0 Å². The smallest absolute Gasteiger partial charge is 0.227 e. The molecule has 1 amide bonds. The van der Waals surface area contributed by atoms with Crippen molar-refractivity contribution in [2.75, 3.05) is 26.3 Å². The summed E-state index contributed by atoms with van der Waals surface area (Å²) in [6.07, 6.45) is 0.290. The van der Waals surface area contributed by atoms with Crippen LogP contribution in [0.15, 0.2) is 24.3 Å². The van der Waals surface area contributed by atoms with Crippen molar-refractivity contribution < 1.29 is 13.9 Å². The fourth-order valence-electron chi connectivity index (χ4n) is 2.82. The summed E-state index contributed by atoms with van der Waals surface area (Å²) in [6.45, 7) is 3.13. The average Bonchev–Trinajstić information content (AvgIpc) is 2.88. The molecule has 0 spiro atoms. The first-order chi connectivity index (χ1) is 8.72. The van der Waals surface area contributed by atoms with Gasteiger partial charge in [-0.3, -0.25) is 4.79 Å². The number of carbonyl (C=O) groups is 1. The van der Waals surface area contributed by atoms with Gasteiger partial charge in [0.1, 0.15) is 5.82 Å². The molecule has 0 saturated carbocycles. The number of amides is 1. The van der Waals surface area contributed by atoms with Gasteiger partial charge < -0.3 is 9.64 Å². The van der Waals surface area contributed by atoms with Gasteiger partial charge in [0.2, 0.25) is 5.91 Å². The molecule has 2 fully saturated rings. The van der Waals surface area contributed by atoms with E-state index < -0.39 is 0 Å². The van der Waals surface area contributed by atoms with Gasteiger partial charge in [-0.1, -0.05) is 12.1 Å². The van der Waals surface area contributed by atoms with Crippen LogP contribution in [0.25, 0.3) is 0 Å². The Morgan fingerprint density at radius 2 is 2.06 bits per heavy atom. The minimum Gasteiger partial charge on any atom is -0.381 e. The summed E-state index contributed by atoms with van der Waals surface area (Å²) in [6, 6.07) is 6.26. The molecule has 0 aromatic heterocycles. The first kappa shape index (κ1) is 11.7. The SMILES string of the molecule is O=C(Cc1cccc(F)c1)N1CC2COCC2C1. The third-order valence-electron chi connectivity index (χ3n) is 3.84. The summed E-state index contributed by atoms with van der Waals surface area (Å²) >= 11 is 0. The van der Waals surface area contributed by atoms with E-state index >= 15 is 0 Å². The van der Waals surface area contributed by atoms with Crippen LogP contribution in [0.1, 0.15) is 5.56 Å². The Labute approximate surface area is 106 Å². The Hall–Kier alpha value is -1.42. The first-order valence-electron chi connectivity index (χ1n) is 6.32. The van der Waals surface area contributed by atoms with Crippen molar-refractivity contribution in [3.63, 3.8) is 0 Å². The number of halogens is 1. The van der Waals surface area contributed by atoms with Gasteiger partial charge in [-0.25, -0.2) is 4.39 Å². The van der Waals surface area contributed by atoms with Crippen LogP contribution in [0.5, 0.6) is 0 Å². The number of hydrogen-bond acceptors (Lipinski definition) is 2. The molecular weight excluding hydrogens is 233 g/mol. The maximum Gasteiger partial charge on any atom is 0.227 e. The molecule has 2 aliphatic heterocycles. The number of fused-ring (bicyclic) bond motifs is 1. The van der Waals surface area contributed by atoms with E-state index in [1.54, 1.807) is 12.1 Å². The molecule has 2 atom stereocenters. The molecular formula is C14H16FNO2. The summed E-state index contributed by atoms with van der Waals surface area (Å²) in [5.41, 5.74) is 0.744. The third kappa shape index (κ3) is 2.25. The second-order valence-electron chi connectivity index (χ2n) is 5.16. The first-order valence-corrected chi connectivity index (χ1v) is 6.32. The fourth-order valence-corrected chi connectivity index (χ4v) is 2.82. The molecule has 18 heavy (non-hydrogen) atoms. The predicted octanol–water partition coefficient (Wildman–Crippen LogP) is 1.47. The van der Waals surface area contributed by atoms with Crippen molar-refractivity contribution in [3.8, 4) is 0 Å². The molecule has 0 radical (unpaired) electrons. The zero-order chi connectivity index (χ0) is 12.5. The number of nitrogens with zero attached hydrogens (tertiary/aromatic N) is 1. The van der Waals surface area contributed by atoms with Crippen molar-refractivity contribution >= 4 is 5.91 Å². The normalized spacial score (nSPS) is 26.4. The van der Waals surface area contributed by atoms with Crippen molar-refractivity contribution in [1.29, 1.82) is 0 Å². The van der Waals surface area contributed by atoms with Gasteiger partial charge in [-0.05, 0) is 17.7 Å². The summed E-state index contributed by atoms with van der Waals surface area (Å²) in [4.78, 5) is 14.0. The molecule has 0 aliphatic carbocycles. The lowest BCUT2D eigenvalue weighted by Crippen LogP contribution is -2.31. The Balaban J connectivity index is 1.62. The molecule has 4 heteroatoms. The van der Waals surface area contributed by atoms with E-state index in [0.717, 1.165) is 31.9 Å². The number of hydrogen-bond donors (Lipinski definition) is 0. The largest absolute Gasteiger partial charge is 0.381 e. The Morgan fingerprint density at radius 1 is 1.33 bits per heavy atom. The van der Waals surface area contributed by atoms with E-state index in [0.29, 0.717) is 11.8 Å². The minimum atomic E-state index is -0.285. The van der Waals surface area contributed by atoms with Gasteiger partial charge in [0.25, 0.3) is 0 Å². The maximum atomic E-state index is 13.0. The molecule has 3 nitrogen and oxygen atoms in total. The van der Waals surface area contributed by atoms with Crippen molar-refractivity contribution in [3.05, 3.63) is 35.6 Å². The highest BCUT2D eigenvalue weighted by atomic mass is 19.1. The van der Waals surface area contributed by atoms with Gasteiger partial charge in [0, 0.05) is 24.9 Å². The zero-order valence-electron chi connectivity index (χ0n) is 10.1. The van der Waals surface area contributed by atoms with Crippen LogP contribution < -0.4 is 0 Å². The number of carbonyl (C=O) groups excluding carboxylic acids is 1. The summed E-state index contributed by atoms with van der Waals surface area (Å²) in [5, 5.41) is 0. The lowest BCUT2D eigenvalue weighted by atomic mass is 10.0. The highest BCUT2D eigenvalue weighted by Gasteiger charge is 2.38. The third-order valence-corrected chi connectivity index (χ3v) is 3.84. The summed E-state index contributed by atoms with van der Waals surface area (Å²) in [5.74, 6) is 0.810. The Bertz CT molecular complexity index is 451. The maximum absolute atomic E-state index is 13.0. The number of benzene rings is 1. The molecule has 1 aromatic carbocycles. The Kier molecular flexibility index (Phi) is 3.04. The van der Waals surface area contributed by atoms with E-state index in [-0.39, 0.29) is 18.1 Å². The molecule has 2 saturated heterocycles. The van der Waals surface area contributed by atoms with Crippen LogP contribution in [0, 0.1) is 17.7 Å². The number of likely N-dealkylation sites (tertiary alicyclic amines) is 1. The molecule has 2 unspecified atom stereocenters. The van der Waals surface area contributed by atoms with Gasteiger partial charge in [0.15, 0.2) is 0 Å². The number of ether oxygens (including phenoxy) is 1. The van der Waals surface area contributed by atoms with E-state index in [2.05, 4.69) is 0 Å². The average molecular weight is 249 g/mol. The van der Waals surface area contributed by atoms with Crippen LogP contribution in [0.4, 0.5) is 4.39 Å². The lowest BCUT2D eigenvalue weighted by Gasteiger charge is -2.17. The summed E-state index contributed by atoms with van der Waals surface area (Å²) < 4.78 is 18.4. The van der Waals surface area contributed by atoms with Gasteiger partial charge in [0.05, 0.1) is 19.6 Å². The van der Waals surface area contributed by atoms with Gasteiger partial charge in [-0.2, -0.15) is 0 Å². The lowest BCUT2D eigenvalue weighted by molar-refractivity contribution is -0.129. The molecule has 0 bridgehead atoms. The molecule has 2 heterocycles. The van der Waals surface area contributed by atoms with E-state index in [4.69, 9.17) is 4.74 Å². The molecule has 2 aliphatic rings. The summed E-state index contributed by atoms with van der Waals surface area (Å²) in [7, 11) is 0. The van der Waals surface area contributed by atoms with E-state index in [1.807, 2.05) is 4.90 Å². The second-order valence-corrected chi connectivity index (χ2v) is 5.16. The fraction of sp³-hybridized carbons (Fsp3) is 0.500. The van der Waals surface area contributed by atoms with Crippen LogP contribution in [-0.4, -0.2) is 37.1 Å². The quantitative estimate of drug-likeness (QED) is 0.794. The highest BCUT2D eigenvalue weighted by molar-refractivity contribution is 5.79. The predicted molar refractivity (Wildman–Crippen MR) is 64.5 cm³/mol. The van der Waals surface area contributed by atoms with Crippen LogP contribution >= 0.6 is 0 Å². The van der Waals surface area contributed by atoms with Crippen LogP contribution in [-0.2, 0) is 16.0 Å². The highest BCUT2D eigenvalue weighted by Crippen LogP contribution is 2.29. The topological polar surface area (TPSA) is 29.5 Å². The molecule has 96 valence electrons. The molecule has 0 N–H and O–H groups in total. The van der Waals surface area contributed by atoms with Crippen molar-refractivity contribution in [2.45, 2.75) is 6.42 Å². The minimum absolute atomic E-state index is 0.0926. The zero-order valence-corrected chi connectivity index (χ0v) is 10.1. The van der Waals surface area contributed by atoms with E-state index in [9.17, 15) is 9.18 Å². The van der Waals surface area contributed by atoms with Crippen molar-refractivity contribution in [1.82, 2.24) is 4.90 Å². The van der Waals surface area contributed by atoms with E-state index in [1.165, 1.54) is 12.1 Å². The Morgan fingerprint density at radius 3 is 2.72 bits per heavy atom. The number of rotatable bonds is 2. The molecule has 3 rings (SSSR count).